The first kappa shape index (κ1) is 16.6. The molecular weight excluding hydrogens is 320 g/mol. The number of aliphatic imine (C=N–C) groups is 1. The zero-order valence-electron chi connectivity index (χ0n) is 12.8. The lowest BCUT2D eigenvalue weighted by molar-refractivity contribution is 0.415. The van der Waals surface area contributed by atoms with Crippen LogP contribution in [0.5, 0.6) is 5.75 Å². The topological polar surface area (TPSA) is 72.5 Å². The fourth-order valence-electron chi connectivity index (χ4n) is 1.84. The number of hydrogen-bond acceptors (Lipinski definition) is 4. The summed E-state index contributed by atoms with van der Waals surface area (Å²) in [5, 5.41) is 4.61. The number of guanidine groups is 1. The van der Waals surface area contributed by atoms with Crippen LogP contribution < -0.4 is 15.8 Å². The Labute approximate surface area is 139 Å². The van der Waals surface area contributed by atoms with E-state index in [-0.39, 0.29) is 5.92 Å². The van der Waals surface area contributed by atoms with Gasteiger partial charge in [-0.3, -0.25) is 4.99 Å². The number of rotatable bonds is 5. The van der Waals surface area contributed by atoms with E-state index in [1.807, 2.05) is 19.2 Å². The fraction of sp³-hybridized carbons (Fsp3) is 0.333. The van der Waals surface area contributed by atoms with E-state index in [0.29, 0.717) is 23.3 Å². The van der Waals surface area contributed by atoms with Crippen molar-refractivity contribution in [2.75, 3.05) is 19.0 Å². The minimum absolute atomic E-state index is 0.235. The number of nitrogens with one attached hydrogen (secondary N) is 1. The van der Waals surface area contributed by atoms with Crippen molar-refractivity contribution in [2.24, 2.45) is 10.7 Å². The molecule has 5 nitrogen and oxygen atoms in total. The summed E-state index contributed by atoms with van der Waals surface area (Å²) < 4.78 is 5.11. The highest BCUT2D eigenvalue weighted by Gasteiger charge is 2.09. The Morgan fingerprint density at radius 2 is 2.32 bits per heavy atom. The lowest BCUT2D eigenvalue weighted by Crippen LogP contribution is -2.23. The Balaban J connectivity index is 1.96. The van der Waals surface area contributed by atoms with Crippen LogP contribution in [0, 0.1) is 6.92 Å². The average molecular weight is 339 g/mol. The molecule has 0 bridgehead atoms. The molecule has 0 aliphatic rings. The summed E-state index contributed by atoms with van der Waals surface area (Å²) in [6, 6.07) is 5.36. The molecule has 0 spiro atoms. The van der Waals surface area contributed by atoms with Crippen molar-refractivity contribution in [3.8, 4) is 5.75 Å². The zero-order valence-corrected chi connectivity index (χ0v) is 14.3. The molecule has 1 aromatic heterocycles. The maximum Gasteiger partial charge on any atom is 0.193 e. The van der Waals surface area contributed by atoms with Crippen LogP contribution in [0.2, 0.25) is 5.02 Å². The SMILES string of the molecule is COc1ccc(NC(N)=NCC(C)c2ncc(C)s2)cc1Cl. The normalized spacial score (nSPS) is 13.0. The first-order valence-corrected chi connectivity index (χ1v) is 8.02. The molecule has 2 rings (SSSR count). The third-order valence-electron chi connectivity index (χ3n) is 3.02. The first-order valence-electron chi connectivity index (χ1n) is 6.82. The molecule has 0 fully saturated rings. The van der Waals surface area contributed by atoms with Crippen LogP contribution >= 0.6 is 22.9 Å². The van der Waals surface area contributed by atoms with Crippen molar-refractivity contribution >= 4 is 34.6 Å². The van der Waals surface area contributed by atoms with Gasteiger partial charge in [-0.15, -0.1) is 11.3 Å². The highest BCUT2D eigenvalue weighted by molar-refractivity contribution is 7.11. The molecule has 0 aliphatic carbocycles. The van der Waals surface area contributed by atoms with Gasteiger partial charge in [-0.05, 0) is 25.1 Å². The van der Waals surface area contributed by atoms with E-state index in [1.54, 1.807) is 30.6 Å². The van der Waals surface area contributed by atoms with Crippen molar-refractivity contribution in [3.63, 3.8) is 0 Å². The van der Waals surface area contributed by atoms with Crippen LogP contribution in [-0.2, 0) is 0 Å². The van der Waals surface area contributed by atoms with Gasteiger partial charge >= 0.3 is 0 Å². The van der Waals surface area contributed by atoms with Gasteiger partial charge < -0.3 is 15.8 Å². The Bertz CT molecular complexity index is 671. The van der Waals surface area contributed by atoms with Gasteiger partial charge in [0.2, 0.25) is 0 Å². The molecule has 0 aliphatic heterocycles. The van der Waals surface area contributed by atoms with Gasteiger partial charge in [0, 0.05) is 22.7 Å². The van der Waals surface area contributed by atoms with E-state index < -0.39 is 0 Å². The summed E-state index contributed by atoms with van der Waals surface area (Å²) in [6.45, 7) is 4.70. The minimum atomic E-state index is 0.235. The molecule has 1 unspecified atom stereocenters. The molecule has 1 aromatic carbocycles. The lowest BCUT2D eigenvalue weighted by Gasteiger charge is -2.09. The van der Waals surface area contributed by atoms with E-state index in [1.165, 1.54) is 4.88 Å². The van der Waals surface area contributed by atoms with E-state index in [9.17, 15) is 0 Å². The van der Waals surface area contributed by atoms with Crippen LogP contribution in [0.3, 0.4) is 0 Å². The highest BCUT2D eigenvalue weighted by atomic mass is 35.5. The summed E-state index contributed by atoms with van der Waals surface area (Å²) in [7, 11) is 1.58. The number of methoxy groups -OCH3 is 1. The molecule has 0 saturated heterocycles. The van der Waals surface area contributed by atoms with Gasteiger partial charge in [0.25, 0.3) is 0 Å². The zero-order chi connectivity index (χ0) is 16.1. The maximum absolute atomic E-state index is 6.07. The van der Waals surface area contributed by atoms with Crippen molar-refractivity contribution in [1.82, 2.24) is 4.98 Å². The van der Waals surface area contributed by atoms with Crippen molar-refractivity contribution in [1.29, 1.82) is 0 Å². The summed E-state index contributed by atoms with van der Waals surface area (Å²) >= 11 is 7.75. The number of halogens is 1. The predicted octanol–water partition coefficient (Wildman–Crippen LogP) is 3.64. The molecule has 0 radical (unpaired) electrons. The van der Waals surface area contributed by atoms with E-state index in [0.717, 1.165) is 10.7 Å². The van der Waals surface area contributed by atoms with Gasteiger partial charge in [-0.2, -0.15) is 0 Å². The largest absolute Gasteiger partial charge is 0.495 e. The van der Waals surface area contributed by atoms with Crippen molar-refractivity contribution in [3.05, 3.63) is 39.3 Å². The number of aryl methyl sites for hydroxylation is 1. The number of nitrogens with two attached hydrogens (primary N) is 1. The molecule has 2 aromatic rings. The maximum atomic E-state index is 6.07. The van der Waals surface area contributed by atoms with Crippen LogP contribution in [0.4, 0.5) is 5.69 Å². The number of hydrogen-bond donors (Lipinski definition) is 2. The van der Waals surface area contributed by atoms with Crippen LogP contribution in [0.1, 0.15) is 22.7 Å². The van der Waals surface area contributed by atoms with Crippen LogP contribution in [0.25, 0.3) is 0 Å². The quantitative estimate of drug-likeness (QED) is 0.644. The second-order valence-electron chi connectivity index (χ2n) is 4.91. The number of thiazole rings is 1. The number of ether oxygens (including phenoxy) is 1. The Morgan fingerprint density at radius 1 is 1.55 bits per heavy atom. The molecule has 1 heterocycles. The summed E-state index contributed by atoms with van der Waals surface area (Å²) in [5.41, 5.74) is 6.67. The number of anilines is 1. The summed E-state index contributed by atoms with van der Waals surface area (Å²) in [4.78, 5) is 9.92. The molecule has 0 amide bonds. The Kier molecular flexibility index (Phi) is 5.63. The monoisotopic (exact) mass is 338 g/mol. The third kappa shape index (κ3) is 4.35. The average Bonchev–Trinajstić information content (AvgIpc) is 2.91. The fourth-order valence-corrected chi connectivity index (χ4v) is 2.92. The van der Waals surface area contributed by atoms with Gasteiger partial charge in [0.1, 0.15) is 5.75 Å². The summed E-state index contributed by atoms with van der Waals surface area (Å²) in [5.74, 6) is 1.20. The van der Waals surface area contributed by atoms with Gasteiger partial charge in [-0.1, -0.05) is 18.5 Å². The van der Waals surface area contributed by atoms with Crippen molar-refractivity contribution in [2.45, 2.75) is 19.8 Å². The number of aromatic nitrogens is 1. The second-order valence-corrected chi connectivity index (χ2v) is 6.58. The second kappa shape index (κ2) is 7.47. The van der Waals surface area contributed by atoms with Crippen LogP contribution in [0.15, 0.2) is 29.4 Å². The van der Waals surface area contributed by atoms with E-state index in [2.05, 4.69) is 22.2 Å². The van der Waals surface area contributed by atoms with E-state index in [4.69, 9.17) is 22.1 Å². The lowest BCUT2D eigenvalue weighted by atomic mass is 10.2. The summed E-state index contributed by atoms with van der Waals surface area (Å²) in [6.07, 6.45) is 1.88. The number of benzene rings is 1. The van der Waals surface area contributed by atoms with Gasteiger partial charge in [0.05, 0.1) is 23.7 Å². The molecule has 0 saturated carbocycles. The number of nitrogens with zero attached hydrogens (tertiary/aromatic N) is 2. The van der Waals surface area contributed by atoms with Crippen molar-refractivity contribution < 1.29 is 4.74 Å². The van der Waals surface area contributed by atoms with Gasteiger partial charge in [0.15, 0.2) is 5.96 Å². The Hall–Kier alpha value is -1.79. The highest BCUT2D eigenvalue weighted by Crippen LogP contribution is 2.27. The predicted molar refractivity (Wildman–Crippen MR) is 93.4 cm³/mol. The van der Waals surface area contributed by atoms with E-state index >= 15 is 0 Å². The Morgan fingerprint density at radius 3 is 2.91 bits per heavy atom. The van der Waals surface area contributed by atoms with Crippen LogP contribution in [-0.4, -0.2) is 24.6 Å². The van der Waals surface area contributed by atoms with Gasteiger partial charge in [-0.25, -0.2) is 4.98 Å². The minimum Gasteiger partial charge on any atom is -0.495 e. The standard InChI is InChI=1S/C15H19ClN4OS/c1-9(14-18-8-10(2)22-14)7-19-15(17)20-11-4-5-13(21-3)12(16)6-11/h4-6,8-9H,7H2,1-3H3,(H3,17,19,20). The molecular formula is C15H19ClN4OS. The molecule has 1 atom stereocenters. The molecule has 22 heavy (non-hydrogen) atoms. The smallest absolute Gasteiger partial charge is 0.193 e. The molecule has 3 N–H and O–H groups in total. The molecule has 118 valence electrons. The first-order chi connectivity index (χ1) is 10.5. The molecule has 7 heteroatoms. The third-order valence-corrected chi connectivity index (χ3v) is 4.46.